The van der Waals surface area contributed by atoms with Crippen LogP contribution in [0.25, 0.3) is 10.2 Å². The van der Waals surface area contributed by atoms with Gasteiger partial charge in [0.05, 0.1) is 30.1 Å². The van der Waals surface area contributed by atoms with Crippen LogP contribution in [-0.4, -0.2) is 40.8 Å². The molecule has 25 heavy (non-hydrogen) atoms. The van der Waals surface area contributed by atoms with Crippen LogP contribution in [0.4, 0.5) is 0 Å². The van der Waals surface area contributed by atoms with Gasteiger partial charge in [-0.05, 0) is 25.1 Å². The highest BCUT2D eigenvalue weighted by atomic mass is 32.1. The van der Waals surface area contributed by atoms with Crippen molar-refractivity contribution in [3.63, 3.8) is 0 Å². The first kappa shape index (κ1) is 17.2. The number of carbonyl (C=O) groups excluding carboxylic acids is 1. The highest BCUT2D eigenvalue weighted by Crippen LogP contribution is 2.23. The first-order valence-corrected chi connectivity index (χ1v) is 8.64. The Morgan fingerprint density at radius 1 is 1.36 bits per heavy atom. The summed E-state index contributed by atoms with van der Waals surface area (Å²) in [5, 5.41) is 0. The molecule has 0 unspecified atom stereocenters. The average molecular weight is 358 g/mol. The van der Waals surface area contributed by atoms with E-state index in [0.717, 1.165) is 16.0 Å². The largest absolute Gasteiger partial charge is 0.497 e. The van der Waals surface area contributed by atoms with Crippen molar-refractivity contribution in [2.45, 2.75) is 13.5 Å². The number of carbonyl (C=O) groups is 1. The maximum Gasteiger partial charge on any atom is 0.299 e. The lowest BCUT2D eigenvalue weighted by Gasteiger charge is -2.06. The predicted molar refractivity (Wildman–Crippen MR) is 94.8 cm³/mol. The summed E-state index contributed by atoms with van der Waals surface area (Å²) in [6.07, 6.45) is 4.40. The maximum absolute atomic E-state index is 12.4. The summed E-state index contributed by atoms with van der Waals surface area (Å²) >= 11 is 1.43. The molecule has 7 nitrogen and oxygen atoms in total. The molecular weight excluding hydrogens is 340 g/mol. The molecule has 0 saturated carbocycles. The molecule has 3 rings (SSSR count). The second-order valence-electron chi connectivity index (χ2n) is 5.07. The second kappa shape index (κ2) is 8.00. The van der Waals surface area contributed by atoms with E-state index in [9.17, 15) is 4.79 Å². The van der Waals surface area contributed by atoms with E-state index in [2.05, 4.69) is 15.0 Å². The number of amides is 1. The first-order chi connectivity index (χ1) is 12.2. The van der Waals surface area contributed by atoms with Crippen LogP contribution in [0.1, 0.15) is 17.4 Å². The van der Waals surface area contributed by atoms with Crippen molar-refractivity contribution in [3.05, 3.63) is 47.3 Å². The Labute approximate surface area is 148 Å². The van der Waals surface area contributed by atoms with Gasteiger partial charge in [0.1, 0.15) is 11.4 Å². The molecular formula is C17H18N4O3S. The minimum atomic E-state index is -0.420. The molecule has 1 aromatic carbocycles. The smallest absolute Gasteiger partial charge is 0.299 e. The van der Waals surface area contributed by atoms with Crippen molar-refractivity contribution in [2.24, 2.45) is 4.99 Å². The fourth-order valence-corrected chi connectivity index (χ4v) is 3.42. The van der Waals surface area contributed by atoms with Gasteiger partial charge in [0.15, 0.2) is 4.80 Å². The summed E-state index contributed by atoms with van der Waals surface area (Å²) in [5.74, 6) is 0.342. The van der Waals surface area contributed by atoms with Gasteiger partial charge in [0, 0.05) is 25.5 Å². The number of hydrogen-bond acceptors (Lipinski definition) is 6. The zero-order valence-corrected chi connectivity index (χ0v) is 14.8. The van der Waals surface area contributed by atoms with E-state index in [-0.39, 0.29) is 5.69 Å². The normalized spacial score (nSPS) is 11.8. The van der Waals surface area contributed by atoms with Crippen LogP contribution in [-0.2, 0) is 11.3 Å². The predicted octanol–water partition coefficient (Wildman–Crippen LogP) is 2.28. The number of methoxy groups -OCH3 is 1. The molecule has 1 amide bonds. The monoisotopic (exact) mass is 358 g/mol. The summed E-state index contributed by atoms with van der Waals surface area (Å²) in [6.45, 7) is 3.74. The number of benzene rings is 1. The lowest BCUT2D eigenvalue weighted by atomic mass is 10.3. The first-order valence-electron chi connectivity index (χ1n) is 7.83. The zero-order chi connectivity index (χ0) is 17.6. The van der Waals surface area contributed by atoms with Crippen LogP contribution >= 0.6 is 11.3 Å². The third-order valence-corrected chi connectivity index (χ3v) is 4.57. The molecule has 8 heteroatoms. The zero-order valence-electron chi connectivity index (χ0n) is 14.0. The number of thiazole rings is 1. The molecule has 0 aliphatic rings. The molecule has 0 saturated heterocycles. The van der Waals surface area contributed by atoms with Gasteiger partial charge < -0.3 is 14.0 Å². The highest BCUT2D eigenvalue weighted by molar-refractivity contribution is 7.16. The lowest BCUT2D eigenvalue weighted by Crippen LogP contribution is -2.20. The van der Waals surface area contributed by atoms with Crippen LogP contribution in [0.15, 0.2) is 41.8 Å². The summed E-state index contributed by atoms with van der Waals surface area (Å²) < 4.78 is 13.7. The Morgan fingerprint density at radius 2 is 2.24 bits per heavy atom. The van der Waals surface area contributed by atoms with E-state index >= 15 is 0 Å². The topological polar surface area (TPSA) is 78.6 Å². The Balaban J connectivity index is 2.06. The molecule has 0 N–H and O–H groups in total. The van der Waals surface area contributed by atoms with E-state index in [0.29, 0.717) is 24.6 Å². The van der Waals surface area contributed by atoms with Crippen molar-refractivity contribution < 1.29 is 14.3 Å². The van der Waals surface area contributed by atoms with Gasteiger partial charge in [-0.2, -0.15) is 4.99 Å². The van der Waals surface area contributed by atoms with Gasteiger partial charge in [-0.15, -0.1) is 0 Å². The van der Waals surface area contributed by atoms with Crippen LogP contribution in [0.5, 0.6) is 5.75 Å². The molecule has 0 atom stereocenters. The standard InChI is InChI=1S/C17H18N4O3S/c1-3-24-9-8-21-14-5-4-12(23-2)10-15(14)25-17(21)20-16(22)13-11-18-6-7-19-13/h4-7,10-11H,3,8-9H2,1-2H3. The van der Waals surface area contributed by atoms with Gasteiger partial charge >= 0.3 is 0 Å². The van der Waals surface area contributed by atoms with E-state index in [1.165, 1.54) is 29.9 Å². The SMILES string of the molecule is CCOCCn1c(=NC(=O)c2cnccn2)sc2cc(OC)ccc21. The van der Waals surface area contributed by atoms with Crippen LogP contribution in [0, 0.1) is 0 Å². The molecule has 2 aromatic heterocycles. The fourth-order valence-electron chi connectivity index (χ4n) is 2.34. The Morgan fingerprint density at radius 3 is 2.96 bits per heavy atom. The minimum absolute atomic E-state index is 0.217. The molecule has 3 aromatic rings. The van der Waals surface area contributed by atoms with Crippen LogP contribution in [0.3, 0.4) is 0 Å². The molecule has 0 fully saturated rings. The van der Waals surface area contributed by atoms with E-state index in [1.807, 2.05) is 29.7 Å². The number of ether oxygens (including phenoxy) is 2. The molecule has 0 radical (unpaired) electrons. The lowest BCUT2D eigenvalue weighted by molar-refractivity contribution is 0.0991. The van der Waals surface area contributed by atoms with Gasteiger partial charge in [0.2, 0.25) is 0 Å². The highest BCUT2D eigenvalue weighted by Gasteiger charge is 2.11. The number of hydrogen-bond donors (Lipinski definition) is 0. The van der Waals surface area contributed by atoms with Crippen molar-refractivity contribution in [2.75, 3.05) is 20.3 Å². The van der Waals surface area contributed by atoms with Gasteiger partial charge in [-0.1, -0.05) is 11.3 Å². The molecule has 0 spiro atoms. The number of aromatic nitrogens is 3. The van der Waals surface area contributed by atoms with Crippen molar-refractivity contribution >= 4 is 27.5 Å². The molecule has 0 aliphatic carbocycles. The average Bonchev–Trinajstić information content (AvgIpc) is 2.99. The Kier molecular flexibility index (Phi) is 5.52. The summed E-state index contributed by atoms with van der Waals surface area (Å²) in [7, 11) is 1.63. The Bertz CT molecular complexity index is 934. The fraction of sp³-hybridized carbons (Fsp3) is 0.294. The van der Waals surface area contributed by atoms with Crippen molar-refractivity contribution in [1.82, 2.24) is 14.5 Å². The third kappa shape index (κ3) is 3.92. The maximum atomic E-state index is 12.4. The third-order valence-electron chi connectivity index (χ3n) is 3.53. The van der Waals surface area contributed by atoms with E-state index in [4.69, 9.17) is 9.47 Å². The molecule has 130 valence electrons. The van der Waals surface area contributed by atoms with Crippen molar-refractivity contribution in [1.29, 1.82) is 0 Å². The van der Waals surface area contributed by atoms with Crippen LogP contribution in [0.2, 0.25) is 0 Å². The van der Waals surface area contributed by atoms with Gasteiger partial charge in [0.25, 0.3) is 5.91 Å². The van der Waals surface area contributed by atoms with Crippen LogP contribution < -0.4 is 9.54 Å². The summed E-state index contributed by atoms with van der Waals surface area (Å²) in [6, 6.07) is 5.78. The minimum Gasteiger partial charge on any atom is -0.497 e. The Hall–Kier alpha value is -2.58. The van der Waals surface area contributed by atoms with E-state index in [1.54, 1.807) is 7.11 Å². The number of nitrogens with zero attached hydrogens (tertiary/aromatic N) is 4. The van der Waals surface area contributed by atoms with E-state index < -0.39 is 5.91 Å². The summed E-state index contributed by atoms with van der Waals surface area (Å²) in [4.78, 5) is 25.1. The molecule has 0 aliphatic heterocycles. The second-order valence-corrected chi connectivity index (χ2v) is 6.08. The van der Waals surface area contributed by atoms with Gasteiger partial charge in [-0.25, -0.2) is 4.98 Å². The number of fused-ring (bicyclic) bond motifs is 1. The summed E-state index contributed by atoms with van der Waals surface area (Å²) in [5.41, 5.74) is 1.20. The van der Waals surface area contributed by atoms with Gasteiger partial charge in [-0.3, -0.25) is 9.78 Å². The number of rotatable bonds is 6. The quantitative estimate of drug-likeness (QED) is 0.632. The molecule has 0 bridgehead atoms. The molecule has 2 heterocycles. The van der Waals surface area contributed by atoms with Crippen molar-refractivity contribution in [3.8, 4) is 5.75 Å².